The maximum atomic E-state index is 6.29. The molecule has 0 radical (unpaired) electrons. The summed E-state index contributed by atoms with van der Waals surface area (Å²) in [4.78, 5) is 6.32. The van der Waals surface area contributed by atoms with Crippen LogP contribution in [0.25, 0.3) is 0 Å². The third kappa shape index (κ3) is 4.38. The number of thiocarbonyl (C=S) groups is 2. The van der Waals surface area contributed by atoms with E-state index >= 15 is 0 Å². The molecule has 0 aliphatic carbocycles. The smallest absolute Gasteiger partial charge is 0.143 e. The number of hydrogen-bond acceptors (Lipinski definition) is 4. The molecule has 8 heteroatoms. The van der Waals surface area contributed by atoms with Gasteiger partial charge in [0.1, 0.15) is 8.64 Å². The van der Waals surface area contributed by atoms with E-state index < -0.39 is 0 Å². The van der Waals surface area contributed by atoms with E-state index in [9.17, 15) is 0 Å². The molecular weight excluding hydrogens is 377 g/mol. The summed E-state index contributed by atoms with van der Waals surface area (Å²) < 4.78 is 1.61. The molecule has 120 valence electrons. The topological polar surface area (TPSA) is 9.72 Å². The molecule has 0 aromatic heterocycles. The molecule has 1 aromatic rings. The van der Waals surface area contributed by atoms with Crippen LogP contribution >= 0.6 is 59.4 Å². The molecule has 1 aliphatic rings. The highest BCUT2D eigenvalue weighted by Gasteiger charge is 2.22. The Morgan fingerprint density at radius 1 is 1.14 bits per heavy atom. The Morgan fingerprint density at radius 3 is 2.36 bits per heavy atom. The van der Waals surface area contributed by atoms with Gasteiger partial charge in [-0.15, -0.1) is 0 Å². The molecule has 0 atom stereocenters. The van der Waals surface area contributed by atoms with Gasteiger partial charge in [-0.05, 0) is 23.9 Å². The first-order valence-corrected chi connectivity index (χ1v) is 9.16. The molecule has 3 nitrogen and oxygen atoms in total. The van der Waals surface area contributed by atoms with Crippen molar-refractivity contribution in [2.24, 2.45) is 0 Å². The van der Waals surface area contributed by atoms with E-state index in [1.807, 2.05) is 31.1 Å². The van der Waals surface area contributed by atoms with Crippen LogP contribution in [0.2, 0.25) is 10.0 Å². The minimum Gasteiger partial charge on any atom is -0.367 e. The second kappa shape index (κ2) is 8.02. The number of benzene rings is 1. The maximum Gasteiger partial charge on any atom is 0.143 e. The van der Waals surface area contributed by atoms with Crippen molar-refractivity contribution in [3.05, 3.63) is 28.2 Å². The van der Waals surface area contributed by atoms with Gasteiger partial charge in [0.15, 0.2) is 0 Å². The van der Waals surface area contributed by atoms with Crippen LogP contribution in [-0.2, 0) is 0 Å². The Morgan fingerprint density at radius 2 is 1.77 bits per heavy atom. The Labute approximate surface area is 156 Å². The number of hydrogen-bond donors (Lipinski definition) is 0. The lowest BCUT2D eigenvalue weighted by Gasteiger charge is -2.37. The third-order valence-corrected chi connectivity index (χ3v) is 6.25. The van der Waals surface area contributed by atoms with Crippen molar-refractivity contribution < 1.29 is 0 Å². The standard InChI is InChI=1S/C14H17Cl2N3S3/c1-17(2)13(20)22-14(21)19-8-6-18(7-9-19)11-5-3-4-10(15)12(11)16/h3-5H,6-9H2,1-2H3. The summed E-state index contributed by atoms with van der Waals surface area (Å²) in [7, 11) is 3.86. The fourth-order valence-corrected chi connectivity index (χ4v) is 3.97. The molecule has 0 unspecified atom stereocenters. The number of anilines is 1. The summed E-state index contributed by atoms with van der Waals surface area (Å²) in [5, 5.41) is 1.20. The van der Waals surface area contributed by atoms with E-state index in [4.69, 9.17) is 47.6 Å². The molecule has 2 rings (SSSR count). The second-order valence-corrected chi connectivity index (χ2v) is 8.13. The predicted molar refractivity (Wildman–Crippen MR) is 107 cm³/mol. The van der Waals surface area contributed by atoms with Crippen molar-refractivity contribution in [1.29, 1.82) is 0 Å². The summed E-state index contributed by atoms with van der Waals surface area (Å²) in [6, 6.07) is 5.72. The highest BCUT2D eigenvalue weighted by Crippen LogP contribution is 2.33. The van der Waals surface area contributed by atoms with Gasteiger partial charge >= 0.3 is 0 Å². The maximum absolute atomic E-state index is 6.29. The molecule has 1 aliphatic heterocycles. The van der Waals surface area contributed by atoms with Gasteiger partial charge in [-0.1, -0.05) is 53.7 Å². The van der Waals surface area contributed by atoms with Crippen molar-refractivity contribution in [2.45, 2.75) is 0 Å². The molecule has 0 amide bonds. The Balaban J connectivity index is 1.94. The van der Waals surface area contributed by atoms with Crippen LogP contribution < -0.4 is 4.90 Å². The summed E-state index contributed by atoms with van der Waals surface area (Å²) in [5.74, 6) is 0. The van der Waals surface area contributed by atoms with E-state index in [0.717, 1.165) is 40.5 Å². The molecule has 1 fully saturated rings. The molecule has 22 heavy (non-hydrogen) atoms. The number of halogens is 2. The third-order valence-electron chi connectivity index (χ3n) is 3.35. The molecule has 1 aromatic carbocycles. The molecule has 0 bridgehead atoms. The first-order chi connectivity index (χ1) is 10.4. The van der Waals surface area contributed by atoms with Gasteiger partial charge in [0.2, 0.25) is 0 Å². The number of rotatable bonds is 1. The monoisotopic (exact) mass is 393 g/mol. The van der Waals surface area contributed by atoms with Gasteiger partial charge < -0.3 is 14.7 Å². The molecule has 0 N–H and O–H groups in total. The molecule has 0 spiro atoms. The summed E-state index contributed by atoms with van der Waals surface area (Å²) in [6.07, 6.45) is 0. The van der Waals surface area contributed by atoms with Crippen LogP contribution in [0.3, 0.4) is 0 Å². The predicted octanol–water partition coefficient (Wildman–Crippen LogP) is 3.98. The van der Waals surface area contributed by atoms with Gasteiger partial charge in [0.25, 0.3) is 0 Å². The zero-order valence-corrected chi connectivity index (χ0v) is 16.3. The van der Waals surface area contributed by atoms with E-state index in [2.05, 4.69) is 9.80 Å². The fraction of sp³-hybridized carbons (Fsp3) is 0.429. The molecule has 0 saturated carbocycles. The van der Waals surface area contributed by atoms with E-state index in [1.54, 1.807) is 6.07 Å². The minimum absolute atomic E-state index is 0.587. The average molecular weight is 394 g/mol. The van der Waals surface area contributed by atoms with Gasteiger partial charge in [-0.3, -0.25) is 0 Å². The van der Waals surface area contributed by atoms with Crippen LogP contribution in [0.15, 0.2) is 18.2 Å². The largest absolute Gasteiger partial charge is 0.367 e. The molecule has 1 heterocycles. The van der Waals surface area contributed by atoms with Crippen molar-refractivity contribution in [3.8, 4) is 0 Å². The molecule has 1 saturated heterocycles. The van der Waals surface area contributed by atoms with E-state index in [-0.39, 0.29) is 0 Å². The Hall–Kier alpha value is -0.270. The van der Waals surface area contributed by atoms with Crippen molar-refractivity contribution in [3.63, 3.8) is 0 Å². The Kier molecular flexibility index (Phi) is 6.58. The van der Waals surface area contributed by atoms with Crippen LogP contribution in [0, 0.1) is 0 Å². The lowest BCUT2D eigenvalue weighted by atomic mass is 10.2. The van der Waals surface area contributed by atoms with Crippen LogP contribution in [0.1, 0.15) is 0 Å². The zero-order valence-electron chi connectivity index (χ0n) is 12.4. The fourth-order valence-electron chi connectivity index (χ4n) is 2.10. The number of nitrogens with zero attached hydrogens (tertiary/aromatic N) is 3. The van der Waals surface area contributed by atoms with Gasteiger partial charge in [-0.25, -0.2) is 0 Å². The summed E-state index contributed by atoms with van der Waals surface area (Å²) >= 11 is 24.6. The summed E-state index contributed by atoms with van der Waals surface area (Å²) in [6.45, 7) is 3.42. The van der Waals surface area contributed by atoms with Crippen molar-refractivity contribution in [1.82, 2.24) is 9.80 Å². The quantitative estimate of drug-likeness (QED) is 0.662. The minimum atomic E-state index is 0.587. The lowest BCUT2D eigenvalue weighted by Crippen LogP contribution is -2.48. The highest BCUT2D eigenvalue weighted by atomic mass is 35.5. The molecular formula is C14H17Cl2N3S3. The zero-order chi connectivity index (χ0) is 16.3. The second-order valence-electron chi connectivity index (χ2n) is 5.08. The SMILES string of the molecule is CN(C)C(=S)SC(=S)N1CCN(c2cccc(Cl)c2Cl)CC1. The van der Waals surface area contributed by atoms with E-state index in [0.29, 0.717) is 10.0 Å². The Bertz CT molecular complexity index is 572. The van der Waals surface area contributed by atoms with Crippen LogP contribution in [0.5, 0.6) is 0 Å². The highest BCUT2D eigenvalue weighted by molar-refractivity contribution is 8.37. The van der Waals surface area contributed by atoms with E-state index in [1.165, 1.54) is 11.8 Å². The normalized spacial score (nSPS) is 14.9. The number of piperazine rings is 1. The lowest BCUT2D eigenvalue weighted by molar-refractivity contribution is 0.398. The van der Waals surface area contributed by atoms with Gasteiger partial charge in [0, 0.05) is 40.3 Å². The first-order valence-electron chi connectivity index (χ1n) is 6.77. The van der Waals surface area contributed by atoms with Crippen molar-refractivity contribution >= 4 is 73.7 Å². The average Bonchev–Trinajstić information content (AvgIpc) is 2.50. The van der Waals surface area contributed by atoms with Crippen molar-refractivity contribution in [2.75, 3.05) is 45.2 Å². The van der Waals surface area contributed by atoms with Gasteiger partial charge in [0.05, 0.1) is 15.7 Å². The first kappa shape index (κ1) is 18.1. The number of thioether (sulfide) groups is 1. The summed E-state index contributed by atoms with van der Waals surface area (Å²) in [5.41, 5.74) is 0.983. The van der Waals surface area contributed by atoms with Crippen LogP contribution in [-0.4, -0.2) is 58.7 Å². The van der Waals surface area contributed by atoms with Gasteiger partial charge in [-0.2, -0.15) is 0 Å². The van der Waals surface area contributed by atoms with Crippen LogP contribution in [0.4, 0.5) is 5.69 Å².